The van der Waals surface area contributed by atoms with Gasteiger partial charge in [-0.1, -0.05) is 13.8 Å². The number of benzene rings is 1. The van der Waals surface area contributed by atoms with Gasteiger partial charge in [0, 0.05) is 24.6 Å². The number of aromatic nitrogens is 2. The van der Waals surface area contributed by atoms with Gasteiger partial charge in [-0.2, -0.15) is 0 Å². The van der Waals surface area contributed by atoms with Gasteiger partial charge in [0.15, 0.2) is 5.78 Å². The van der Waals surface area contributed by atoms with Crippen LogP contribution in [0.15, 0.2) is 30.3 Å². The van der Waals surface area contributed by atoms with Crippen LogP contribution in [0.25, 0.3) is 17.3 Å². The SMILES string of the molecule is CC(C)c1nc(N(C)S(C)(=O)=O)nc(-c2ccc(F)cc2)c1/C=C/C(=O)C[C@@H](O)CC(=O)O.[Ca+2].[H-].[H-]. The third kappa shape index (κ3) is 8.38. The number of anilines is 1. The second-order valence-corrected chi connectivity index (χ2v) is 9.83. The Morgan fingerprint density at radius 1 is 1.18 bits per heavy atom. The van der Waals surface area contributed by atoms with Crippen LogP contribution < -0.4 is 4.31 Å². The van der Waals surface area contributed by atoms with Crippen LogP contribution in [0.2, 0.25) is 0 Å². The molecule has 0 aliphatic heterocycles. The number of hydrogen-bond acceptors (Lipinski definition) is 7. The molecule has 0 radical (unpaired) electrons. The topological polar surface area (TPSA) is 138 Å². The first-order valence-electron chi connectivity index (χ1n) is 10.0. The summed E-state index contributed by atoms with van der Waals surface area (Å²) in [6.45, 7) is 3.66. The molecule has 0 unspecified atom stereocenters. The molecule has 1 atom stereocenters. The zero-order valence-corrected chi connectivity index (χ0v) is 22.4. The summed E-state index contributed by atoms with van der Waals surface area (Å²) in [5.74, 6) is -2.49. The number of carboxylic acids is 1. The van der Waals surface area contributed by atoms with Crippen molar-refractivity contribution in [3.05, 3.63) is 47.4 Å². The van der Waals surface area contributed by atoms with E-state index in [0.29, 0.717) is 16.8 Å². The van der Waals surface area contributed by atoms with E-state index >= 15 is 0 Å². The average Bonchev–Trinajstić information content (AvgIpc) is 2.70. The fourth-order valence-corrected chi connectivity index (χ4v) is 3.32. The summed E-state index contributed by atoms with van der Waals surface area (Å²) < 4.78 is 38.5. The number of hydrogen-bond donors (Lipinski definition) is 2. The second-order valence-electron chi connectivity index (χ2n) is 7.82. The van der Waals surface area contributed by atoms with Crippen LogP contribution in [-0.4, -0.2) is 97.5 Å². The van der Waals surface area contributed by atoms with Crippen LogP contribution in [0.3, 0.4) is 0 Å². The van der Waals surface area contributed by atoms with Crippen LogP contribution in [0.5, 0.6) is 0 Å². The molecule has 0 aliphatic rings. The number of aliphatic hydroxyl groups is 1. The first-order valence-corrected chi connectivity index (χ1v) is 11.9. The van der Waals surface area contributed by atoms with E-state index in [9.17, 15) is 27.5 Å². The molecule has 0 amide bonds. The molecular weight excluding hydrogens is 493 g/mol. The van der Waals surface area contributed by atoms with E-state index in [1.54, 1.807) is 0 Å². The van der Waals surface area contributed by atoms with Crippen LogP contribution in [-0.2, 0) is 19.6 Å². The van der Waals surface area contributed by atoms with Gasteiger partial charge in [-0.15, -0.1) is 0 Å². The number of sulfonamides is 1. The van der Waals surface area contributed by atoms with E-state index in [1.165, 1.54) is 43.5 Å². The number of nitrogens with zero attached hydrogens (tertiary/aromatic N) is 3. The van der Waals surface area contributed by atoms with Gasteiger partial charge < -0.3 is 13.1 Å². The molecule has 0 saturated carbocycles. The first-order chi connectivity index (χ1) is 15.3. The van der Waals surface area contributed by atoms with Gasteiger partial charge in [0.25, 0.3) is 0 Å². The minimum Gasteiger partial charge on any atom is -1.00 e. The molecule has 1 aromatic heterocycles. The van der Waals surface area contributed by atoms with Crippen molar-refractivity contribution < 1.29 is 35.5 Å². The summed E-state index contributed by atoms with van der Waals surface area (Å²) in [4.78, 5) is 31.7. The minimum absolute atomic E-state index is 0. The van der Waals surface area contributed by atoms with Crippen molar-refractivity contribution >= 4 is 71.5 Å². The molecule has 0 saturated heterocycles. The molecular formula is C22H28CaFN3O6S. The van der Waals surface area contributed by atoms with Crippen LogP contribution in [0, 0.1) is 5.82 Å². The maximum absolute atomic E-state index is 13.5. The van der Waals surface area contributed by atoms with Crippen LogP contribution >= 0.6 is 0 Å². The molecule has 2 rings (SSSR count). The summed E-state index contributed by atoms with van der Waals surface area (Å²) in [6.07, 6.45) is 1.35. The molecule has 2 aromatic rings. The Labute approximate surface area is 230 Å². The second kappa shape index (κ2) is 12.7. The van der Waals surface area contributed by atoms with Crippen LogP contribution in [0.4, 0.5) is 10.3 Å². The van der Waals surface area contributed by atoms with Crippen molar-refractivity contribution in [3.63, 3.8) is 0 Å². The van der Waals surface area contributed by atoms with E-state index in [-0.39, 0.29) is 64.6 Å². The molecule has 1 heterocycles. The van der Waals surface area contributed by atoms with Crippen molar-refractivity contribution in [1.82, 2.24) is 9.97 Å². The number of rotatable bonds is 10. The maximum atomic E-state index is 13.5. The Bertz CT molecular complexity index is 1180. The van der Waals surface area contributed by atoms with Crippen molar-refractivity contribution in [3.8, 4) is 11.3 Å². The molecule has 1 aromatic carbocycles. The zero-order valence-electron chi connectivity index (χ0n) is 21.4. The van der Waals surface area contributed by atoms with E-state index in [2.05, 4.69) is 9.97 Å². The fraction of sp³-hybridized carbons (Fsp3) is 0.364. The average molecular weight is 522 g/mol. The summed E-state index contributed by atoms with van der Waals surface area (Å²) in [5.41, 5.74) is 1.63. The number of allylic oxidation sites excluding steroid dienone is 1. The number of halogens is 1. The van der Waals surface area contributed by atoms with E-state index < -0.39 is 40.1 Å². The molecule has 0 spiro atoms. The Morgan fingerprint density at radius 2 is 1.76 bits per heavy atom. The Hall–Kier alpha value is -1.92. The number of aliphatic carboxylic acids is 1. The van der Waals surface area contributed by atoms with Crippen molar-refractivity contribution in [2.24, 2.45) is 0 Å². The number of carbonyl (C=O) groups excluding carboxylic acids is 1. The van der Waals surface area contributed by atoms with Crippen molar-refractivity contribution in [2.75, 3.05) is 17.6 Å². The monoisotopic (exact) mass is 521 g/mol. The third-order valence-electron chi connectivity index (χ3n) is 4.69. The van der Waals surface area contributed by atoms with Gasteiger partial charge in [0.05, 0.1) is 30.2 Å². The molecule has 0 fully saturated rings. The number of aliphatic hydroxyl groups excluding tert-OH is 1. The number of ketones is 1. The van der Waals surface area contributed by atoms with Crippen LogP contribution in [0.1, 0.15) is 46.7 Å². The van der Waals surface area contributed by atoms with E-state index in [0.717, 1.165) is 10.6 Å². The summed E-state index contributed by atoms with van der Waals surface area (Å²) in [6, 6.07) is 5.41. The standard InChI is InChI=1S/C22H26FN3O6S.Ca.2H/c1-13(2)20-18(10-9-16(27)11-17(28)12-19(29)30)21(14-5-7-15(23)8-6-14)25-22(24-20)26(3)33(4,31)32;;;/h5-10,13,17,28H,11-12H2,1-4H3,(H,29,30);;;/q;+2;2*-1/b10-9+;;;/t17-;;;/m1.../s1. The zero-order chi connectivity index (χ0) is 24.9. The number of carbonyl (C=O) groups is 2. The van der Waals surface area contributed by atoms with E-state index in [4.69, 9.17) is 5.11 Å². The largest absolute Gasteiger partial charge is 2.00 e. The summed E-state index contributed by atoms with van der Waals surface area (Å²) >= 11 is 0. The Balaban J connectivity index is 0. The van der Waals surface area contributed by atoms with Crippen molar-refractivity contribution in [2.45, 2.75) is 38.7 Å². The van der Waals surface area contributed by atoms with Gasteiger partial charge in [0.1, 0.15) is 5.82 Å². The first kappa shape index (κ1) is 30.1. The predicted octanol–water partition coefficient (Wildman–Crippen LogP) is 2.45. The quantitative estimate of drug-likeness (QED) is 0.359. The Kier molecular flexibility index (Phi) is 11.2. The maximum Gasteiger partial charge on any atom is 2.00 e. The molecule has 182 valence electrons. The molecule has 0 aliphatic carbocycles. The fourth-order valence-electron chi connectivity index (χ4n) is 2.95. The molecule has 9 nitrogen and oxygen atoms in total. The molecule has 2 N–H and O–H groups in total. The third-order valence-corrected chi connectivity index (χ3v) is 5.85. The van der Waals surface area contributed by atoms with Gasteiger partial charge >= 0.3 is 43.7 Å². The number of carboxylic acid groups (broad SMARTS) is 1. The van der Waals surface area contributed by atoms with Gasteiger partial charge in [-0.05, 0) is 42.3 Å². The van der Waals surface area contributed by atoms with Crippen molar-refractivity contribution in [1.29, 1.82) is 0 Å². The van der Waals surface area contributed by atoms with Gasteiger partial charge in [-0.3, -0.25) is 9.59 Å². The molecule has 34 heavy (non-hydrogen) atoms. The summed E-state index contributed by atoms with van der Waals surface area (Å²) in [7, 11) is -2.35. The predicted molar refractivity (Wildman–Crippen MR) is 130 cm³/mol. The normalized spacial score (nSPS) is 12.4. The Morgan fingerprint density at radius 3 is 2.26 bits per heavy atom. The molecule has 0 bridgehead atoms. The van der Waals surface area contributed by atoms with Gasteiger partial charge in [-0.25, -0.2) is 27.1 Å². The smallest absolute Gasteiger partial charge is 1.00 e. The molecule has 12 heteroatoms. The van der Waals surface area contributed by atoms with Gasteiger partial charge in [0.2, 0.25) is 16.0 Å². The summed E-state index contributed by atoms with van der Waals surface area (Å²) in [5, 5.41) is 18.4. The minimum atomic E-state index is -3.67. The van der Waals surface area contributed by atoms with E-state index in [1.807, 2.05) is 13.8 Å².